The van der Waals surface area contributed by atoms with Gasteiger partial charge in [-0.05, 0) is 42.8 Å². The molecule has 3 aromatic rings. The van der Waals surface area contributed by atoms with Crippen LogP contribution in [-0.2, 0) is 10.0 Å². The molecule has 0 saturated carbocycles. The highest BCUT2D eigenvalue weighted by Crippen LogP contribution is 2.27. The Bertz CT molecular complexity index is 1070. The molecule has 0 radical (unpaired) electrons. The Balaban J connectivity index is 1.71. The predicted octanol–water partition coefficient (Wildman–Crippen LogP) is 4.09. The fourth-order valence-corrected chi connectivity index (χ4v) is 4.02. The zero-order valence-corrected chi connectivity index (χ0v) is 17.4. The standard InChI is InChI=1S/C20H21N3O3S2/c1-13(2)14-4-6-15(7-5-14)18-12-27-20(22-18)23-19(24)16-8-10-17(11-9-16)28(25,26)21-3/h4-13,21H,1-3H3,(H,22,23,24). The van der Waals surface area contributed by atoms with E-state index in [1.165, 1.54) is 48.2 Å². The minimum atomic E-state index is -3.53. The highest BCUT2D eigenvalue weighted by molar-refractivity contribution is 7.89. The van der Waals surface area contributed by atoms with Gasteiger partial charge in [-0.15, -0.1) is 11.3 Å². The lowest BCUT2D eigenvalue weighted by molar-refractivity contribution is 0.102. The Labute approximate surface area is 168 Å². The number of aromatic nitrogens is 1. The molecule has 146 valence electrons. The lowest BCUT2D eigenvalue weighted by atomic mass is 10.0. The first-order valence-electron chi connectivity index (χ1n) is 8.71. The van der Waals surface area contributed by atoms with Crippen LogP contribution in [-0.4, -0.2) is 26.4 Å². The zero-order chi connectivity index (χ0) is 20.3. The molecule has 0 aliphatic rings. The van der Waals surface area contributed by atoms with Crippen molar-refractivity contribution in [2.24, 2.45) is 0 Å². The van der Waals surface area contributed by atoms with Crippen LogP contribution in [0, 0.1) is 0 Å². The Morgan fingerprint density at radius 3 is 2.25 bits per heavy atom. The third-order valence-corrected chi connectivity index (χ3v) is 6.48. The lowest BCUT2D eigenvalue weighted by Crippen LogP contribution is -2.19. The summed E-state index contributed by atoms with van der Waals surface area (Å²) in [5, 5.41) is 5.13. The van der Waals surface area contributed by atoms with E-state index in [4.69, 9.17) is 0 Å². The second-order valence-electron chi connectivity index (χ2n) is 6.50. The molecule has 8 heteroatoms. The summed E-state index contributed by atoms with van der Waals surface area (Å²) in [6.07, 6.45) is 0. The van der Waals surface area contributed by atoms with E-state index in [-0.39, 0.29) is 10.8 Å². The minimum absolute atomic E-state index is 0.105. The van der Waals surface area contributed by atoms with Crippen molar-refractivity contribution < 1.29 is 13.2 Å². The second kappa shape index (κ2) is 8.22. The second-order valence-corrected chi connectivity index (χ2v) is 9.25. The van der Waals surface area contributed by atoms with Crippen LogP contribution in [0.3, 0.4) is 0 Å². The molecule has 0 unspecified atom stereocenters. The molecule has 0 bridgehead atoms. The number of nitrogens with zero attached hydrogens (tertiary/aromatic N) is 1. The molecule has 1 amide bonds. The number of carbonyl (C=O) groups excluding carboxylic acids is 1. The van der Waals surface area contributed by atoms with E-state index in [0.29, 0.717) is 16.6 Å². The van der Waals surface area contributed by atoms with Crippen LogP contribution in [0.5, 0.6) is 0 Å². The third kappa shape index (κ3) is 4.46. The summed E-state index contributed by atoms with van der Waals surface area (Å²) in [6, 6.07) is 13.9. The molecule has 0 spiro atoms. The van der Waals surface area contributed by atoms with Gasteiger partial charge in [0.25, 0.3) is 5.91 Å². The summed E-state index contributed by atoms with van der Waals surface area (Å²) in [5.74, 6) is 0.123. The number of rotatable bonds is 6. The number of nitrogens with one attached hydrogen (secondary N) is 2. The molecule has 0 aliphatic carbocycles. The predicted molar refractivity (Wildman–Crippen MR) is 112 cm³/mol. The van der Waals surface area contributed by atoms with Gasteiger partial charge in [0.2, 0.25) is 10.0 Å². The summed E-state index contributed by atoms with van der Waals surface area (Å²) in [5.41, 5.74) is 3.40. The first-order chi connectivity index (χ1) is 13.3. The van der Waals surface area contributed by atoms with Crippen LogP contribution in [0.15, 0.2) is 58.8 Å². The van der Waals surface area contributed by atoms with Crippen molar-refractivity contribution in [1.82, 2.24) is 9.71 Å². The first kappa shape index (κ1) is 20.2. The van der Waals surface area contributed by atoms with Gasteiger partial charge in [-0.3, -0.25) is 10.1 Å². The highest BCUT2D eigenvalue weighted by atomic mass is 32.2. The number of hydrogen-bond acceptors (Lipinski definition) is 5. The maximum absolute atomic E-state index is 12.4. The molecular weight excluding hydrogens is 394 g/mol. The lowest BCUT2D eigenvalue weighted by Gasteiger charge is -2.06. The molecule has 0 atom stereocenters. The van der Waals surface area contributed by atoms with Crippen molar-refractivity contribution in [2.45, 2.75) is 24.7 Å². The number of amides is 1. The number of sulfonamides is 1. The number of hydrogen-bond donors (Lipinski definition) is 2. The smallest absolute Gasteiger partial charge is 0.257 e. The highest BCUT2D eigenvalue weighted by Gasteiger charge is 2.14. The maximum Gasteiger partial charge on any atom is 0.257 e. The van der Waals surface area contributed by atoms with Gasteiger partial charge >= 0.3 is 0 Å². The topological polar surface area (TPSA) is 88.2 Å². The van der Waals surface area contributed by atoms with E-state index in [1.54, 1.807) is 0 Å². The quantitative estimate of drug-likeness (QED) is 0.635. The average molecular weight is 416 g/mol. The van der Waals surface area contributed by atoms with E-state index in [0.717, 1.165) is 11.3 Å². The Hall–Kier alpha value is -2.55. The molecule has 28 heavy (non-hydrogen) atoms. The monoisotopic (exact) mass is 415 g/mol. The fraction of sp³-hybridized carbons (Fsp3) is 0.200. The molecule has 0 saturated heterocycles. The Morgan fingerprint density at radius 1 is 1.04 bits per heavy atom. The van der Waals surface area contributed by atoms with E-state index >= 15 is 0 Å². The van der Waals surface area contributed by atoms with E-state index in [2.05, 4.69) is 41.0 Å². The van der Waals surface area contributed by atoms with Crippen LogP contribution in [0.1, 0.15) is 35.7 Å². The number of anilines is 1. The average Bonchev–Trinajstić information content (AvgIpc) is 3.16. The Kier molecular flexibility index (Phi) is 5.93. The zero-order valence-electron chi connectivity index (χ0n) is 15.8. The summed E-state index contributed by atoms with van der Waals surface area (Å²) in [7, 11) is -2.19. The van der Waals surface area contributed by atoms with Gasteiger partial charge in [0, 0.05) is 16.5 Å². The van der Waals surface area contributed by atoms with E-state index in [1.807, 2.05) is 17.5 Å². The van der Waals surface area contributed by atoms with Crippen LogP contribution < -0.4 is 10.0 Å². The van der Waals surface area contributed by atoms with Gasteiger partial charge in [-0.25, -0.2) is 18.1 Å². The van der Waals surface area contributed by atoms with Gasteiger partial charge in [0.1, 0.15) is 0 Å². The van der Waals surface area contributed by atoms with Crippen LogP contribution >= 0.6 is 11.3 Å². The fourth-order valence-electron chi connectivity index (χ4n) is 2.58. The molecule has 2 N–H and O–H groups in total. The summed E-state index contributed by atoms with van der Waals surface area (Å²) in [6.45, 7) is 4.29. The van der Waals surface area contributed by atoms with Crippen LogP contribution in [0.2, 0.25) is 0 Å². The molecule has 2 aromatic carbocycles. The summed E-state index contributed by atoms with van der Waals surface area (Å²) in [4.78, 5) is 17.0. The van der Waals surface area contributed by atoms with Gasteiger partial charge in [-0.2, -0.15) is 0 Å². The van der Waals surface area contributed by atoms with Crippen molar-refractivity contribution in [3.05, 3.63) is 65.0 Å². The van der Waals surface area contributed by atoms with E-state index < -0.39 is 10.0 Å². The minimum Gasteiger partial charge on any atom is -0.298 e. The summed E-state index contributed by atoms with van der Waals surface area (Å²) < 4.78 is 25.7. The number of thiazole rings is 1. The first-order valence-corrected chi connectivity index (χ1v) is 11.1. The molecule has 1 heterocycles. The van der Waals surface area contributed by atoms with Gasteiger partial charge < -0.3 is 0 Å². The third-order valence-electron chi connectivity index (χ3n) is 4.29. The van der Waals surface area contributed by atoms with Crippen molar-refractivity contribution in [3.63, 3.8) is 0 Å². The van der Waals surface area contributed by atoms with Crippen LogP contribution in [0.4, 0.5) is 5.13 Å². The van der Waals surface area contributed by atoms with Crippen molar-refractivity contribution >= 4 is 32.4 Å². The van der Waals surface area contributed by atoms with Crippen molar-refractivity contribution in [3.8, 4) is 11.3 Å². The Morgan fingerprint density at radius 2 is 1.68 bits per heavy atom. The van der Waals surface area contributed by atoms with Crippen molar-refractivity contribution in [2.75, 3.05) is 12.4 Å². The summed E-state index contributed by atoms with van der Waals surface area (Å²) >= 11 is 1.34. The maximum atomic E-state index is 12.4. The molecule has 6 nitrogen and oxygen atoms in total. The molecule has 0 fully saturated rings. The molecule has 3 rings (SSSR count). The van der Waals surface area contributed by atoms with Crippen LogP contribution in [0.25, 0.3) is 11.3 Å². The molecule has 1 aromatic heterocycles. The molecular formula is C20H21N3O3S2. The number of carbonyl (C=O) groups is 1. The van der Waals surface area contributed by atoms with Gasteiger partial charge in [0.05, 0.1) is 10.6 Å². The van der Waals surface area contributed by atoms with E-state index in [9.17, 15) is 13.2 Å². The SMILES string of the molecule is CNS(=O)(=O)c1ccc(C(=O)Nc2nc(-c3ccc(C(C)C)cc3)cs2)cc1. The normalized spacial score (nSPS) is 11.6. The molecule has 0 aliphatic heterocycles. The van der Waals surface area contributed by atoms with Crippen molar-refractivity contribution in [1.29, 1.82) is 0 Å². The number of benzene rings is 2. The van der Waals surface area contributed by atoms with Gasteiger partial charge in [-0.1, -0.05) is 38.1 Å². The van der Waals surface area contributed by atoms with Gasteiger partial charge in [0.15, 0.2) is 5.13 Å². The largest absolute Gasteiger partial charge is 0.298 e.